The Morgan fingerprint density at radius 3 is 2.59 bits per heavy atom. The number of carbonyl (C=O) groups is 1. The van der Waals surface area contributed by atoms with E-state index in [1.807, 2.05) is 0 Å². The van der Waals surface area contributed by atoms with Crippen molar-refractivity contribution in [3.05, 3.63) is 75.0 Å². The Morgan fingerprint density at radius 2 is 1.91 bits per heavy atom. The molecule has 0 radical (unpaired) electrons. The van der Waals surface area contributed by atoms with Gasteiger partial charge in [-0.15, -0.1) is 0 Å². The molecule has 13 heteroatoms. The number of hydrogen-bond acceptors (Lipinski definition) is 4. The molecule has 0 aliphatic rings. The zero-order valence-corrected chi connectivity index (χ0v) is 17.6. The molecule has 1 N–H and O–H groups in total. The summed E-state index contributed by atoms with van der Waals surface area (Å²) in [6, 6.07) is 6.15. The van der Waals surface area contributed by atoms with E-state index in [-0.39, 0.29) is 45.0 Å². The summed E-state index contributed by atoms with van der Waals surface area (Å²) in [6.07, 6.45) is -3.35. The molecule has 32 heavy (non-hydrogen) atoms. The summed E-state index contributed by atoms with van der Waals surface area (Å²) in [7, 11) is 0. The first-order valence-corrected chi connectivity index (χ1v) is 9.70. The van der Waals surface area contributed by atoms with Crippen molar-refractivity contribution in [2.75, 3.05) is 5.32 Å². The van der Waals surface area contributed by atoms with Crippen LogP contribution >= 0.6 is 23.2 Å². The molecule has 1 aromatic carbocycles. The standard InChI is InChI=1S/C19H12Cl2F4N6O/c1-9-5-15(19(23,24)25)31-16(26-9)6-14(28-31)18(32)27-17-12(21)8-30(29-17)7-10-11(20)3-2-4-13(10)22/h2-6,8H,7H2,1H3,(H,27,29,32). The molecule has 0 saturated heterocycles. The van der Waals surface area contributed by atoms with E-state index in [1.165, 1.54) is 36.0 Å². The van der Waals surface area contributed by atoms with Crippen LogP contribution in [0.1, 0.15) is 27.4 Å². The molecule has 4 rings (SSSR count). The van der Waals surface area contributed by atoms with Gasteiger partial charge in [0.2, 0.25) is 0 Å². The van der Waals surface area contributed by atoms with Crippen molar-refractivity contribution in [3.63, 3.8) is 0 Å². The lowest BCUT2D eigenvalue weighted by atomic mass is 10.2. The number of anilines is 1. The smallest absolute Gasteiger partial charge is 0.302 e. The number of carbonyl (C=O) groups excluding carboxylic acids is 1. The van der Waals surface area contributed by atoms with Crippen LogP contribution in [0, 0.1) is 12.7 Å². The minimum atomic E-state index is -4.69. The minimum absolute atomic E-state index is 0.0273. The number of nitrogens with zero attached hydrogens (tertiary/aromatic N) is 5. The molecule has 0 aliphatic heterocycles. The summed E-state index contributed by atoms with van der Waals surface area (Å²) in [6.45, 7) is 1.34. The molecule has 0 bridgehead atoms. The topological polar surface area (TPSA) is 77.1 Å². The van der Waals surface area contributed by atoms with Crippen molar-refractivity contribution in [1.29, 1.82) is 0 Å². The van der Waals surface area contributed by atoms with E-state index in [9.17, 15) is 22.4 Å². The van der Waals surface area contributed by atoms with Gasteiger partial charge in [0.25, 0.3) is 5.91 Å². The highest BCUT2D eigenvalue weighted by molar-refractivity contribution is 6.33. The molecule has 0 saturated carbocycles. The van der Waals surface area contributed by atoms with E-state index in [4.69, 9.17) is 23.2 Å². The Balaban J connectivity index is 1.60. The van der Waals surface area contributed by atoms with Crippen LogP contribution in [0.2, 0.25) is 10.0 Å². The lowest BCUT2D eigenvalue weighted by Gasteiger charge is -2.09. The average Bonchev–Trinajstić information content (AvgIpc) is 3.26. The number of aromatic nitrogens is 5. The third kappa shape index (κ3) is 4.26. The van der Waals surface area contributed by atoms with Gasteiger partial charge in [-0.1, -0.05) is 29.3 Å². The fourth-order valence-corrected chi connectivity index (χ4v) is 3.41. The van der Waals surface area contributed by atoms with Gasteiger partial charge < -0.3 is 5.32 Å². The molecule has 3 aromatic heterocycles. The molecular weight excluding hydrogens is 475 g/mol. The second kappa shape index (κ2) is 8.06. The van der Waals surface area contributed by atoms with Crippen LogP contribution < -0.4 is 5.32 Å². The van der Waals surface area contributed by atoms with E-state index in [1.54, 1.807) is 0 Å². The fraction of sp³-hybridized carbons (Fsp3) is 0.158. The maximum absolute atomic E-state index is 14.0. The number of halogens is 6. The summed E-state index contributed by atoms with van der Waals surface area (Å²) in [5.74, 6) is -1.47. The number of benzene rings is 1. The van der Waals surface area contributed by atoms with Gasteiger partial charge in [0.15, 0.2) is 17.2 Å². The molecule has 1 amide bonds. The maximum atomic E-state index is 14.0. The maximum Gasteiger partial charge on any atom is 0.433 e. The first-order chi connectivity index (χ1) is 15.0. The normalized spacial score (nSPS) is 11.8. The van der Waals surface area contributed by atoms with Gasteiger partial charge in [0.1, 0.15) is 16.5 Å². The summed E-state index contributed by atoms with van der Waals surface area (Å²) in [5.41, 5.74) is -1.24. The highest BCUT2D eigenvalue weighted by Crippen LogP contribution is 2.30. The van der Waals surface area contributed by atoms with Crippen molar-refractivity contribution in [2.45, 2.75) is 19.6 Å². The number of aryl methyl sites for hydroxylation is 1. The van der Waals surface area contributed by atoms with E-state index in [0.717, 1.165) is 12.1 Å². The second-order valence-corrected chi connectivity index (χ2v) is 7.57. The lowest BCUT2D eigenvalue weighted by molar-refractivity contribution is -0.142. The number of rotatable bonds is 4. The van der Waals surface area contributed by atoms with Crippen LogP contribution in [-0.2, 0) is 12.7 Å². The monoisotopic (exact) mass is 486 g/mol. The summed E-state index contributed by atoms with van der Waals surface area (Å²) in [4.78, 5) is 16.5. The Kier molecular flexibility index (Phi) is 5.55. The first-order valence-electron chi connectivity index (χ1n) is 8.95. The highest BCUT2D eigenvalue weighted by Gasteiger charge is 2.35. The van der Waals surface area contributed by atoms with Gasteiger partial charge in [-0.05, 0) is 25.1 Å². The van der Waals surface area contributed by atoms with Gasteiger partial charge in [0, 0.05) is 28.5 Å². The van der Waals surface area contributed by atoms with Crippen LogP contribution in [0.15, 0.2) is 36.5 Å². The molecule has 0 unspecified atom stereocenters. The molecular formula is C19H12Cl2F4N6O. The van der Waals surface area contributed by atoms with Crippen molar-refractivity contribution < 1.29 is 22.4 Å². The van der Waals surface area contributed by atoms with E-state index in [0.29, 0.717) is 4.52 Å². The Bertz CT molecular complexity index is 1330. The molecule has 0 spiro atoms. The molecule has 4 aromatic rings. The minimum Gasteiger partial charge on any atom is -0.302 e. The number of alkyl halides is 3. The van der Waals surface area contributed by atoms with Gasteiger partial charge in [0.05, 0.1) is 6.54 Å². The zero-order valence-electron chi connectivity index (χ0n) is 16.1. The number of hydrogen-bond donors (Lipinski definition) is 1. The van der Waals surface area contributed by atoms with Crippen LogP contribution in [-0.4, -0.2) is 30.3 Å². The summed E-state index contributed by atoms with van der Waals surface area (Å²) >= 11 is 12.1. The predicted molar refractivity (Wildman–Crippen MR) is 108 cm³/mol. The molecule has 0 atom stereocenters. The summed E-state index contributed by atoms with van der Waals surface area (Å²) < 4.78 is 55.7. The second-order valence-electron chi connectivity index (χ2n) is 6.76. The molecule has 3 heterocycles. The van der Waals surface area contributed by atoms with Gasteiger partial charge in [-0.3, -0.25) is 9.48 Å². The third-order valence-corrected chi connectivity index (χ3v) is 5.04. The van der Waals surface area contributed by atoms with E-state index >= 15 is 0 Å². The number of amides is 1. The average molecular weight is 487 g/mol. The predicted octanol–water partition coefficient (Wildman–Crippen LogP) is 5.00. The van der Waals surface area contributed by atoms with Crippen molar-refractivity contribution in [1.82, 2.24) is 24.4 Å². The van der Waals surface area contributed by atoms with Gasteiger partial charge in [-0.25, -0.2) is 13.9 Å². The van der Waals surface area contributed by atoms with Crippen molar-refractivity contribution in [2.24, 2.45) is 0 Å². The summed E-state index contributed by atoms with van der Waals surface area (Å²) in [5, 5.41) is 10.4. The lowest BCUT2D eigenvalue weighted by Crippen LogP contribution is -2.16. The zero-order chi connectivity index (χ0) is 23.2. The van der Waals surface area contributed by atoms with Crippen LogP contribution in [0.4, 0.5) is 23.4 Å². The molecule has 166 valence electrons. The van der Waals surface area contributed by atoms with Crippen molar-refractivity contribution >= 4 is 40.6 Å². The molecule has 0 fully saturated rings. The van der Waals surface area contributed by atoms with Gasteiger partial charge >= 0.3 is 6.18 Å². The van der Waals surface area contributed by atoms with E-state index < -0.39 is 23.6 Å². The number of fused-ring (bicyclic) bond motifs is 1. The third-order valence-electron chi connectivity index (χ3n) is 4.41. The SMILES string of the molecule is Cc1cc(C(F)(F)F)n2nc(C(=O)Nc3nn(Cc4c(F)cccc4Cl)cc3Cl)cc2n1. The van der Waals surface area contributed by atoms with Crippen LogP contribution in [0.3, 0.4) is 0 Å². The fourth-order valence-electron chi connectivity index (χ4n) is 2.99. The number of nitrogens with one attached hydrogen (secondary N) is 1. The molecule has 7 nitrogen and oxygen atoms in total. The molecule has 0 aliphatic carbocycles. The largest absolute Gasteiger partial charge is 0.433 e. The van der Waals surface area contributed by atoms with Crippen molar-refractivity contribution in [3.8, 4) is 0 Å². The quantitative estimate of drug-likeness (QED) is 0.411. The highest BCUT2D eigenvalue weighted by atomic mass is 35.5. The van der Waals surface area contributed by atoms with Crippen LogP contribution in [0.25, 0.3) is 5.65 Å². The first kappa shape index (κ1) is 22.0. The Labute approximate surface area is 187 Å². The Hall–Kier alpha value is -3.18. The Morgan fingerprint density at radius 1 is 1.16 bits per heavy atom. The van der Waals surface area contributed by atoms with Crippen LogP contribution in [0.5, 0.6) is 0 Å². The van der Waals surface area contributed by atoms with E-state index in [2.05, 4.69) is 20.5 Å². The van der Waals surface area contributed by atoms with Gasteiger partial charge in [-0.2, -0.15) is 23.4 Å².